The summed E-state index contributed by atoms with van der Waals surface area (Å²) in [5.74, 6) is -1.38. The summed E-state index contributed by atoms with van der Waals surface area (Å²) in [4.78, 5) is 25.3. The zero-order valence-electron chi connectivity index (χ0n) is 16.2. The van der Waals surface area contributed by atoms with Crippen molar-refractivity contribution in [2.75, 3.05) is 13.1 Å². The fourth-order valence-electron chi connectivity index (χ4n) is 2.87. The van der Waals surface area contributed by atoms with E-state index < -0.39 is 18.0 Å². The SMILES string of the molecule is CCCCCCCC[C@H](CN(CC)C(=O)OCc1ccccc1)C(=O)O. The Balaban J connectivity index is 2.42. The summed E-state index contributed by atoms with van der Waals surface area (Å²) in [7, 11) is 0. The number of carboxylic acids is 1. The fourth-order valence-corrected chi connectivity index (χ4v) is 2.87. The van der Waals surface area contributed by atoms with Gasteiger partial charge in [-0.2, -0.15) is 0 Å². The van der Waals surface area contributed by atoms with Crippen molar-refractivity contribution < 1.29 is 19.4 Å². The van der Waals surface area contributed by atoms with Gasteiger partial charge in [-0.15, -0.1) is 0 Å². The highest BCUT2D eigenvalue weighted by molar-refractivity contribution is 5.72. The monoisotopic (exact) mass is 363 g/mol. The lowest BCUT2D eigenvalue weighted by molar-refractivity contribution is -0.142. The van der Waals surface area contributed by atoms with Crippen LogP contribution >= 0.6 is 0 Å². The first-order valence-corrected chi connectivity index (χ1v) is 9.76. The number of carbonyl (C=O) groups is 2. The van der Waals surface area contributed by atoms with Crippen LogP contribution < -0.4 is 0 Å². The molecule has 146 valence electrons. The normalized spacial score (nSPS) is 11.8. The van der Waals surface area contributed by atoms with Crippen LogP contribution in [0, 0.1) is 5.92 Å². The standard InChI is InChI=1S/C21H33NO4/c1-3-5-6-7-8-12-15-19(20(23)24)16-22(4-2)21(25)26-17-18-13-10-9-11-14-18/h9-11,13-14,19H,3-8,12,15-17H2,1-2H3,(H,23,24)/t19-/m1/s1. The zero-order chi connectivity index (χ0) is 19.2. The predicted octanol–water partition coefficient (Wildman–Crippen LogP) is 5.10. The molecule has 1 aromatic rings. The van der Waals surface area contributed by atoms with Crippen molar-refractivity contribution in [3.63, 3.8) is 0 Å². The van der Waals surface area contributed by atoms with Gasteiger partial charge >= 0.3 is 12.1 Å². The number of carbonyl (C=O) groups excluding carboxylic acids is 1. The minimum atomic E-state index is -0.840. The smallest absolute Gasteiger partial charge is 0.410 e. The number of nitrogens with zero attached hydrogens (tertiary/aromatic N) is 1. The Morgan fingerprint density at radius 1 is 1.04 bits per heavy atom. The molecule has 1 N–H and O–H groups in total. The van der Waals surface area contributed by atoms with Crippen LogP contribution in [0.15, 0.2) is 30.3 Å². The first-order chi connectivity index (χ1) is 12.6. The first kappa shape index (κ1) is 22.0. The lowest BCUT2D eigenvalue weighted by Gasteiger charge is -2.24. The number of ether oxygens (including phenoxy) is 1. The van der Waals surface area contributed by atoms with E-state index in [-0.39, 0.29) is 13.2 Å². The Morgan fingerprint density at radius 3 is 2.31 bits per heavy atom. The lowest BCUT2D eigenvalue weighted by atomic mass is 9.99. The van der Waals surface area contributed by atoms with E-state index in [0.29, 0.717) is 13.0 Å². The number of rotatable bonds is 13. The molecule has 5 nitrogen and oxygen atoms in total. The molecule has 26 heavy (non-hydrogen) atoms. The number of carboxylic acid groups (broad SMARTS) is 1. The van der Waals surface area contributed by atoms with Gasteiger partial charge in [-0.05, 0) is 18.9 Å². The van der Waals surface area contributed by atoms with E-state index in [1.807, 2.05) is 37.3 Å². The van der Waals surface area contributed by atoms with E-state index >= 15 is 0 Å². The van der Waals surface area contributed by atoms with Crippen LogP contribution in [0.25, 0.3) is 0 Å². The molecule has 1 aromatic carbocycles. The van der Waals surface area contributed by atoms with Crippen LogP contribution in [0.2, 0.25) is 0 Å². The van der Waals surface area contributed by atoms with Crippen molar-refractivity contribution in [3.8, 4) is 0 Å². The number of benzene rings is 1. The highest BCUT2D eigenvalue weighted by atomic mass is 16.6. The molecule has 0 radical (unpaired) electrons. The minimum absolute atomic E-state index is 0.200. The fraction of sp³-hybridized carbons (Fsp3) is 0.619. The van der Waals surface area contributed by atoms with Gasteiger partial charge in [0.25, 0.3) is 0 Å². The lowest BCUT2D eigenvalue weighted by Crippen LogP contribution is -2.38. The number of amides is 1. The number of unbranched alkanes of at least 4 members (excludes halogenated alkanes) is 5. The molecule has 0 aliphatic heterocycles. The van der Waals surface area contributed by atoms with Crippen molar-refractivity contribution in [2.24, 2.45) is 5.92 Å². The summed E-state index contributed by atoms with van der Waals surface area (Å²) in [6.45, 7) is 4.86. The van der Waals surface area contributed by atoms with Gasteiger partial charge < -0.3 is 14.7 Å². The largest absolute Gasteiger partial charge is 0.481 e. The average Bonchev–Trinajstić information content (AvgIpc) is 2.65. The molecule has 1 atom stereocenters. The van der Waals surface area contributed by atoms with Crippen LogP contribution in [-0.4, -0.2) is 35.2 Å². The van der Waals surface area contributed by atoms with E-state index in [4.69, 9.17) is 4.74 Å². The Labute approximate surface area is 157 Å². The molecule has 0 spiro atoms. The molecule has 1 rings (SSSR count). The summed E-state index contributed by atoms with van der Waals surface area (Å²) in [5.41, 5.74) is 0.916. The quantitative estimate of drug-likeness (QED) is 0.495. The third-order valence-electron chi connectivity index (χ3n) is 4.54. The van der Waals surface area contributed by atoms with Gasteiger partial charge in [0, 0.05) is 13.1 Å². The number of aliphatic carboxylic acids is 1. The van der Waals surface area contributed by atoms with Crippen LogP contribution in [-0.2, 0) is 16.1 Å². The van der Waals surface area contributed by atoms with Crippen molar-refractivity contribution >= 4 is 12.1 Å². The molecule has 1 amide bonds. The number of hydrogen-bond donors (Lipinski definition) is 1. The molecule has 0 aliphatic carbocycles. The number of hydrogen-bond acceptors (Lipinski definition) is 3. The molecule has 0 saturated heterocycles. The first-order valence-electron chi connectivity index (χ1n) is 9.76. The maximum atomic E-state index is 12.3. The second-order valence-corrected chi connectivity index (χ2v) is 6.67. The van der Waals surface area contributed by atoms with Gasteiger partial charge in [0.05, 0.1) is 5.92 Å². The molecule has 0 saturated carbocycles. The van der Waals surface area contributed by atoms with E-state index in [2.05, 4.69) is 6.92 Å². The zero-order valence-corrected chi connectivity index (χ0v) is 16.2. The summed E-state index contributed by atoms with van der Waals surface area (Å²) in [6, 6.07) is 9.47. The Bertz CT molecular complexity index is 518. The molecular weight excluding hydrogens is 330 g/mol. The minimum Gasteiger partial charge on any atom is -0.481 e. The summed E-state index contributed by atoms with van der Waals surface area (Å²) < 4.78 is 5.33. The molecular formula is C21H33NO4. The van der Waals surface area contributed by atoms with Gasteiger partial charge in [0.1, 0.15) is 6.61 Å². The van der Waals surface area contributed by atoms with Crippen molar-refractivity contribution in [1.82, 2.24) is 4.90 Å². The van der Waals surface area contributed by atoms with Crippen LogP contribution in [0.4, 0.5) is 4.79 Å². The van der Waals surface area contributed by atoms with Crippen molar-refractivity contribution in [3.05, 3.63) is 35.9 Å². The molecule has 5 heteroatoms. The van der Waals surface area contributed by atoms with E-state index in [9.17, 15) is 14.7 Å². The highest BCUT2D eigenvalue weighted by Crippen LogP contribution is 2.15. The average molecular weight is 363 g/mol. The Morgan fingerprint density at radius 2 is 1.69 bits per heavy atom. The summed E-state index contributed by atoms with van der Waals surface area (Å²) in [6.07, 6.45) is 6.88. The van der Waals surface area contributed by atoms with Crippen LogP contribution in [0.1, 0.15) is 64.4 Å². The van der Waals surface area contributed by atoms with Gasteiger partial charge in [-0.1, -0.05) is 75.8 Å². The molecule has 0 aliphatic rings. The summed E-state index contributed by atoms with van der Waals surface area (Å²) >= 11 is 0. The third kappa shape index (κ3) is 8.88. The predicted molar refractivity (Wildman–Crippen MR) is 103 cm³/mol. The molecule has 0 unspecified atom stereocenters. The van der Waals surface area contributed by atoms with E-state index in [1.165, 1.54) is 24.2 Å². The third-order valence-corrected chi connectivity index (χ3v) is 4.54. The highest BCUT2D eigenvalue weighted by Gasteiger charge is 2.23. The Hall–Kier alpha value is -2.04. The second kappa shape index (κ2) is 13.2. The topological polar surface area (TPSA) is 66.8 Å². The van der Waals surface area contributed by atoms with E-state index in [1.54, 1.807) is 0 Å². The van der Waals surface area contributed by atoms with Crippen molar-refractivity contribution in [1.29, 1.82) is 0 Å². The maximum absolute atomic E-state index is 12.3. The second-order valence-electron chi connectivity index (χ2n) is 6.67. The Kier molecular flexibility index (Phi) is 11.2. The van der Waals surface area contributed by atoms with Crippen molar-refractivity contribution in [2.45, 2.75) is 65.4 Å². The molecule has 0 heterocycles. The van der Waals surface area contributed by atoms with Crippen LogP contribution in [0.5, 0.6) is 0 Å². The van der Waals surface area contributed by atoms with Gasteiger partial charge in [-0.25, -0.2) is 4.79 Å². The van der Waals surface area contributed by atoms with Crippen LogP contribution in [0.3, 0.4) is 0 Å². The molecule has 0 bridgehead atoms. The molecule has 0 aromatic heterocycles. The van der Waals surface area contributed by atoms with Gasteiger partial charge in [0.15, 0.2) is 0 Å². The van der Waals surface area contributed by atoms with Gasteiger partial charge in [0.2, 0.25) is 0 Å². The maximum Gasteiger partial charge on any atom is 0.410 e. The van der Waals surface area contributed by atoms with Gasteiger partial charge in [-0.3, -0.25) is 4.79 Å². The summed E-state index contributed by atoms with van der Waals surface area (Å²) in [5, 5.41) is 9.47. The molecule has 0 fully saturated rings. The van der Waals surface area contributed by atoms with E-state index in [0.717, 1.165) is 24.8 Å².